The van der Waals surface area contributed by atoms with Crippen LogP contribution in [-0.4, -0.2) is 20.3 Å². The predicted molar refractivity (Wildman–Crippen MR) is 53.7 cm³/mol. The van der Waals surface area contributed by atoms with Crippen molar-refractivity contribution in [2.45, 2.75) is 44.8 Å². The van der Waals surface area contributed by atoms with Crippen molar-refractivity contribution in [3.05, 3.63) is 0 Å². The van der Waals surface area contributed by atoms with Crippen LogP contribution in [0, 0.1) is 5.92 Å². The van der Waals surface area contributed by atoms with Gasteiger partial charge in [0, 0.05) is 0 Å². The number of rotatable bonds is 5. The molecule has 0 unspecified atom stereocenters. The highest BCUT2D eigenvalue weighted by atomic mass is 16.6. The van der Waals surface area contributed by atoms with Crippen molar-refractivity contribution < 1.29 is 9.31 Å². The van der Waals surface area contributed by atoms with Crippen molar-refractivity contribution in [1.29, 1.82) is 0 Å². The largest absolute Gasteiger partial charge is 0.460 e. The molecule has 0 aromatic carbocycles. The van der Waals surface area contributed by atoms with Gasteiger partial charge in [-0.3, -0.25) is 0 Å². The van der Waals surface area contributed by atoms with Crippen LogP contribution in [-0.2, 0) is 9.31 Å². The second kappa shape index (κ2) is 4.47. The smallest absolute Gasteiger partial charge is 0.409 e. The Kier molecular flexibility index (Phi) is 3.28. The molecule has 1 aliphatic carbocycles. The van der Waals surface area contributed by atoms with E-state index in [0.717, 1.165) is 24.9 Å². The SMILES string of the molecule is CCCCC[C@H]1C[C@@H]1B1OCCO1. The maximum Gasteiger partial charge on any atom is 0.460 e. The summed E-state index contributed by atoms with van der Waals surface area (Å²) in [6, 6.07) is 0. The highest BCUT2D eigenvalue weighted by Gasteiger charge is 2.49. The van der Waals surface area contributed by atoms with Crippen molar-refractivity contribution in [1.82, 2.24) is 0 Å². The molecule has 2 atom stereocenters. The van der Waals surface area contributed by atoms with Gasteiger partial charge in [0.25, 0.3) is 0 Å². The van der Waals surface area contributed by atoms with Gasteiger partial charge < -0.3 is 9.31 Å². The van der Waals surface area contributed by atoms with Crippen molar-refractivity contribution in [2.24, 2.45) is 5.92 Å². The Morgan fingerprint density at radius 2 is 2.00 bits per heavy atom. The van der Waals surface area contributed by atoms with Gasteiger partial charge in [-0.05, 0) is 18.2 Å². The molecule has 2 aliphatic rings. The molecule has 0 aromatic heterocycles. The van der Waals surface area contributed by atoms with E-state index in [1.165, 1.54) is 32.1 Å². The van der Waals surface area contributed by atoms with Gasteiger partial charge in [-0.2, -0.15) is 0 Å². The molecule has 0 N–H and O–H groups in total. The van der Waals surface area contributed by atoms with Crippen LogP contribution in [0.5, 0.6) is 0 Å². The van der Waals surface area contributed by atoms with E-state index in [2.05, 4.69) is 6.92 Å². The fourth-order valence-corrected chi connectivity index (χ4v) is 2.22. The summed E-state index contributed by atoms with van der Waals surface area (Å²) in [6.07, 6.45) is 6.84. The summed E-state index contributed by atoms with van der Waals surface area (Å²) in [6.45, 7) is 3.87. The van der Waals surface area contributed by atoms with E-state index in [1.807, 2.05) is 0 Å². The van der Waals surface area contributed by atoms with Crippen LogP contribution in [0.3, 0.4) is 0 Å². The highest BCUT2D eigenvalue weighted by molar-refractivity contribution is 6.48. The molecule has 0 bridgehead atoms. The van der Waals surface area contributed by atoms with E-state index < -0.39 is 0 Å². The molecule has 1 heterocycles. The van der Waals surface area contributed by atoms with E-state index in [4.69, 9.17) is 9.31 Å². The maximum atomic E-state index is 5.49. The molecule has 13 heavy (non-hydrogen) atoms. The van der Waals surface area contributed by atoms with Crippen LogP contribution in [0.15, 0.2) is 0 Å². The quantitative estimate of drug-likeness (QED) is 0.480. The second-order valence-corrected chi connectivity index (χ2v) is 4.27. The van der Waals surface area contributed by atoms with E-state index in [0.29, 0.717) is 0 Å². The summed E-state index contributed by atoms with van der Waals surface area (Å²) in [4.78, 5) is 0. The zero-order valence-corrected chi connectivity index (χ0v) is 8.50. The van der Waals surface area contributed by atoms with Crippen molar-refractivity contribution in [2.75, 3.05) is 13.2 Å². The molecule has 2 fully saturated rings. The molecular formula is C10H19BO2. The summed E-state index contributed by atoms with van der Waals surface area (Å²) < 4.78 is 11.0. The van der Waals surface area contributed by atoms with Crippen LogP contribution < -0.4 is 0 Å². The zero-order valence-electron chi connectivity index (χ0n) is 8.50. The van der Waals surface area contributed by atoms with Crippen LogP contribution in [0.4, 0.5) is 0 Å². The lowest BCUT2D eigenvalue weighted by Crippen LogP contribution is -2.14. The van der Waals surface area contributed by atoms with Gasteiger partial charge in [-0.15, -0.1) is 0 Å². The van der Waals surface area contributed by atoms with Gasteiger partial charge >= 0.3 is 7.12 Å². The molecule has 0 radical (unpaired) electrons. The van der Waals surface area contributed by atoms with Crippen molar-refractivity contribution in [3.63, 3.8) is 0 Å². The Morgan fingerprint density at radius 1 is 1.23 bits per heavy atom. The molecule has 1 aliphatic heterocycles. The molecule has 2 nitrogen and oxygen atoms in total. The summed E-state index contributed by atoms with van der Waals surface area (Å²) in [5.41, 5.74) is 0. The predicted octanol–water partition coefficient (Wildman–Crippen LogP) is 2.49. The van der Waals surface area contributed by atoms with Crippen LogP contribution >= 0.6 is 0 Å². The third-order valence-corrected chi connectivity index (χ3v) is 3.15. The number of hydrogen-bond acceptors (Lipinski definition) is 2. The molecule has 0 spiro atoms. The Morgan fingerprint density at radius 3 is 2.69 bits per heavy atom. The minimum Gasteiger partial charge on any atom is -0.409 e. The summed E-state index contributed by atoms with van der Waals surface area (Å²) in [5.74, 6) is 1.65. The molecule has 0 amide bonds. The first-order chi connectivity index (χ1) is 6.42. The molecule has 1 saturated heterocycles. The van der Waals surface area contributed by atoms with Gasteiger partial charge in [-0.1, -0.05) is 32.6 Å². The lowest BCUT2D eigenvalue weighted by Gasteiger charge is -2.02. The first-order valence-corrected chi connectivity index (χ1v) is 5.65. The normalized spacial score (nSPS) is 32.5. The maximum absolute atomic E-state index is 5.49. The van der Waals surface area contributed by atoms with Crippen LogP contribution in [0.2, 0.25) is 5.82 Å². The van der Waals surface area contributed by atoms with E-state index in [1.54, 1.807) is 0 Å². The Labute approximate surface area is 81.1 Å². The third kappa shape index (κ3) is 2.47. The Balaban J connectivity index is 1.59. The molecule has 74 valence electrons. The summed E-state index contributed by atoms with van der Waals surface area (Å²) in [7, 11) is 0.159. The van der Waals surface area contributed by atoms with Gasteiger partial charge in [0.05, 0.1) is 13.2 Å². The zero-order chi connectivity index (χ0) is 9.10. The van der Waals surface area contributed by atoms with Gasteiger partial charge in [-0.25, -0.2) is 0 Å². The van der Waals surface area contributed by atoms with Crippen LogP contribution in [0.25, 0.3) is 0 Å². The second-order valence-electron chi connectivity index (χ2n) is 4.27. The van der Waals surface area contributed by atoms with Crippen LogP contribution in [0.1, 0.15) is 39.0 Å². The topological polar surface area (TPSA) is 18.5 Å². The first-order valence-electron chi connectivity index (χ1n) is 5.65. The molecule has 1 saturated carbocycles. The fourth-order valence-electron chi connectivity index (χ4n) is 2.22. The summed E-state index contributed by atoms with van der Waals surface area (Å²) in [5, 5.41) is 0. The molecule has 0 aromatic rings. The number of unbranched alkanes of at least 4 members (excludes halogenated alkanes) is 2. The fraction of sp³-hybridized carbons (Fsp3) is 1.00. The van der Waals surface area contributed by atoms with E-state index >= 15 is 0 Å². The Hall–Kier alpha value is -0.0151. The molecule has 3 heteroatoms. The standard InChI is InChI=1S/C10H19BO2/c1-2-3-4-5-9-8-10(9)11-12-6-7-13-11/h9-10H,2-8H2,1H3/t9-,10-/m0/s1. The average molecular weight is 182 g/mol. The highest BCUT2D eigenvalue weighted by Crippen LogP contribution is 2.51. The van der Waals surface area contributed by atoms with E-state index in [9.17, 15) is 0 Å². The number of hydrogen-bond donors (Lipinski definition) is 0. The monoisotopic (exact) mass is 182 g/mol. The molecular weight excluding hydrogens is 163 g/mol. The third-order valence-electron chi connectivity index (χ3n) is 3.15. The van der Waals surface area contributed by atoms with Crippen molar-refractivity contribution in [3.8, 4) is 0 Å². The van der Waals surface area contributed by atoms with E-state index in [-0.39, 0.29) is 7.12 Å². The van der Waals surface area contributed by atoms with Gasteiger partial charge in [0.1, 0.15) is 0 Å². The summed E-state index contributed by atoms with van der Waals surface area (Å²) >= 11 is 0. The van der Waals surface area contributed by atoms with Crippen molar-refractivity contribution >= 4 is 7.12 Å². The minimum absolute atomic E-state index is 0.159. The average Bonchev–Trinajstić information content (AvgIpc) is 2.72. The lowest BCUT2D eigenvalue weighted by molar-refractivity contribution is 0.365. The van der Waals surface area contributed by atoms with Gasteiger partial charge in [0.15, 0.2) is 0 Å². The lowest BCUT2D eigenvalue weighted by atomic mass is 9.80. The first kappa shape index (κ1) is 9.54. The molecule has 2 rings (SSSR count). The van der Waals surface area contributed by atoms with Gasteiger partial charge in [0.2, 0.25) is 0 Å². The Bertz CT molecular complexity index is 157. The minimum atomic E-state index is 0.159.